The first-order chi connectivity index (χ1) is 8.88. The van der Waals surface area contributed by atoms with E-state index in [1.807, 2.05) is 6.92 Å². The van der Waals surface area contributed by atoms with E-state index in [9.17, 15) is 4.79 Å². The van der Waals surface area contributed by atoms with Gasteiger partial charge < -0.3 is 9.15 Å². The Balaban J connectivity index is 2.23. The highest BCUT2D eigenvalue weighted by atomic mass is 28.3. The third-order valence-electron chi connectivity index (χ3n) is 2.33. The van der Waals surface area contributed by atoms with Gasteiger partial charge in [-0.05, 0) is 19.8 Å². The van der Waals surface area contributed by atoms with Crippen molar-refractivity contribution >= 4 is 14.0 Å². The summed E-state index contributed by atoms with van der Waals surface area (Å²) in [6.45, 7) is 8.55. The monoisotopic (exact) mass is 279 g/mol. The molecular weight excluding hydrogens is 258 g/mol. The topological polar surface area (TPSA) is 52.3 Å². The molecular formula is C14H21NO3Si. The molecule has 0 saturated carbocycles. The van der Waals surface area contributed by atoms with E-state index in [-0.39, 0.29) is 11.8 Å². The lowest BCUT2D eigenvalue weighted by atomic mass is 10.2. The van der Waals surface area contributed by atoms with Crippen molar-refractivity contribution in [3.8, 4) is 11.5 Å². The van der Waals surface area contributed by atoms with E-state index in [1.54, 1.807) is 0 Å². The van der Waals surface area contributed by atoms with Crippen LogP contribution in [0.5, 0.6) is 0 Å². The molecule has 5 heteroatoms. The van der Waals surface area contributed by atoms with Crippen LogP contribution < -0.4 is 0 Å². The number of esters is 1. The number of unbranched alkanes of at least 4 members (excludes halogenated alkanes) is 1. The molecule has 0 saturated heterocycles. The smallest absolute Gasteiger partial charge is 0.360 e. The zero-order chi connectivity index (χ0) is 14.3. The SMILES string of the molecule is CC(CCCC#C[Si](C)(C)C)OC(=O)c1cocn1. The van der Waals surface area contributed by atoms with Gasteiger partial charge in [0.15, 0.2) is 12.1 Å². The maximum absolute atomic E-state index is 11.6. The van der Waals surface area contributed by atoms with Crippen LogP contribution in [0.15, 0.2) is 17.1 Å². The van der Waals surface area contributed by atoms with Gasteiger partial charge in [0.1, 0.15) is 14.3 Å². The molecule has 104 valence electrons. The number of rotatable bonds is 5. The number of nitrogens with zero attached hydrogens (tertiary/aromatic N) is 1. The number of carbonyl (C=O) groups is 1. The molecule has 1 heterocycles. The molecule has 0 aliphatic carbocycles. The minimum atomic E-state index is -1.26. The van der Waals surface area contributed by atoms with Crippen LogP contribution in [-0.2, 0) is 4.74 Å². The lowest BCUT2D eigenvalue weighted by Gasteiger charge is -2.11. The maximum Gasteiger partial charge on any atom is 0.360 e. The molecule has 0 aliphatic rings. The Morgan fingerprint density at radius 3 is 2.84 bits per heavy atom. The van der Waals surface area contributed by atoms with Crippen LogP contribution in [0.3, 0.4) is 0 Å². The summed E-state index contributed by atoms with van der Waals surface area (Å²) < 4.78 is 9.98. The molecule has 0 aliphatic heterocycles. The highest BCUT2D eigenvalue weighted by molar-refractivity contribution is 6.83. The van der Waals surface area contributed by atoms with Crippen LogP contribution in [0.25, 0.3) is 0 Å². The van der Waals surface area contributed by atoms with Crippen LogP contribution in [0.2, 0.25) is 19.6 Å². The second kappa shape index (κ2) is 7.15. The summed E-state index contributed by atoms with van der Waals surface area (Å²) in [5, 5.41) is 0. The van der Waals surface area contributed by atoms with E-state index in [0.717, 1.165) is 19.3 Å². The zero-order valence-corrected chi connectivity index (χ0v) is 13.0. The van der Waals surface area contributed by atoms with Crippen molar-refractivity contribution in [1.29, 1.82) is 0 Å². The number of hydrogen-bond donors (Lipinski definition) is 0. The second-order valence-corrected chi connectivity index (χ2v) is 10.3. The van der Waals surface area contributed by atoms with E-state index in [2.05, 4.69) is 36.1 Å². The van der Waals surface area contributed by atoms with E-state index in [4.69, 9.17) is 9.15 Å². The van der Waals surface area contributed by atoms with Gasteiger partial charge in [-0.15, -0.1) is 11.5 Å². The molecule has 4 nitrogen and oxygen atoms in total. The van der Waals surface area contributed by atoms with E-state index in [0.29, 0.717) is 0 Å². The quantitative estimate of drug-likeness (QED) is 0.359. The highest BCUT2D eigenvalue weighted by Gasteiger charge is 2.14. The molecule has 0 amide bonds. The van der Waals surface area contributed by atoms with Crippen LogP contribution in [0.4, 0.5) is 0 Å². The van der Waals surface area contributed by atoms with Crippen LogP contribution in [0.1, 0.15) is 36.7 Å². The van der Waals surface area contributed by atoms with Crippen LogP contribution in [-0.4, -0.2) is 25.1 Å². The largest absolute Gasteiger partial charge is 0.458 e. The summed E-state index contributed by atoms with van der Waals surface area (Å²) in [7, 11) is -1.26. The lowest BCUT2D eigenvalue weighted by Crippen LogP contribution is -2.16. The van der Waals surface area contributed by atoms with Gasteiger partial charge in [-0.2, -0.15) is 0 Å². The van der Waals surface area contributed by atoms with Gasteiger partial charge in [-0.3, -0.25) is 0 Å². The number of oxazole rings is 1. The van der Waals surface area contributed by atoms with E-state index in [1.165, 1.54) is 12.7 Å². The number of ether oxygens (including phenoxy) is 1. The molecule has 0 fully saturated rings. The minimum absolute atomic E-state index is 0.127. The molecule has 0 spiro atoms. The predicted octanol–water partition coefficient (Wildman–Crippen LogP) is 3.27. The highest BCUT2D eigenvalue weighted by Crippen LogP contribution is 2.08. The Hall–Kier alpha value is -1.54. The lowest BCUT2D eigenvalue weighted by molar-refractivity contribution is 0.0314. The standard InChI is InChI=1S/C14H21NO3Si/c1-12(8-6-5-7-9-19(2,3)4)18-14(16)13-10-17-11-15-13/h10-12H,5-6,8H2,1-4H3. The molecule has 0 radical (unpaired) electrons. The molecule has 0 N–H and O–H groups in total. The fraction of sp³-hybridized carbons (Fsp3) is 0.571. The summed E-state index contributed by atoms with van der Waals surface area (Å²) in [4.78, 5) is 15.3. The summed E-state index contributed by atoms with van der Waals surface area (Å²) in [5.74, 6) is 2.77. The molecule has 1 atom stereocenters. The van der Waals surface area contributed by atoms with Crippen molar-refractivity contribution < 1.29 is 13.9 Å². The molecule has 19 heavy (non-hydrogen) atoms. The maximum atomic E-state index is 11.6. The summed E-state index contributed by atoms with van der Waals surface area (Å²) in [6, 6.07) is 0. The Bertz CT molecular complexity index is 451. The van der Waals surface area contributed by atoms with Crippen molar-refractivity contribution in [2.45, 2.75) is 51.9 Å². The Kier molecular flexibility index (Phi) is 5.83. The van der Waals surface area contributed by atoms with Gasteiger partial charge in [0.25, 0.3) is 0 Å². The minimum Gasteiger partial charge on any atom is -0.458 e. The third kappa shape index (κ3) is 6.82. The Morgan fingerprint density at radius 2 is 2.26 bits per heavy atom. The summed E-state index contributed by atoms with van der Waals surface area (Å²) in [6.07, 6.45) is 4.98. The molecule has 1 unspecified atom stereocenters. The van der Waals surface area contributed by atoms with Gasteiger partial charge in [-0.1, -0.05) is 19.6 Å². The van der Waals surface area contributed by atoms with Crippen molar-refractivity contribution in [1.82, 2.24) is 4.98 Å². The van der Waals surface area contributed by atoms with Gasteiger partial charge in [0.2, 0.25) is 0 Å². The Morgan fingerprint density at radius 1 is 1.53 bits per heavy atom. The average Bonchev–Trinajstić information content (AvgIpc) is 2.80. The van der Waals surface area contributed by atoms with Crippen molar-refractivity contribution in [3.63, 3.8) is 0 Å². The van der Waals surface area contributed by atoms with Crippen molar-refractivity contribution in [2.24, 2.45) is 0 Å². The Labute approximate surface area is 115 Å². The van der Waals surface area contributed by atoms with E-state index < -0.39 is 14.0 Å². The summed E-state index contributed by atoms with van der Waals surface area (Å²) in [5.41, 5.74) is 3.53. The van der Waals surface area contributed by atoms with Gasteiger partial charge in [0, 0.05) is 6.42 Å². The van der Waals surface area contributed by atoms with E-state index >= 15 is 0 Å². The van der Waals surface area contributed by atoms with Crippen LogP contribution >= 0.6 is 0 Å². The number of hydrogen-bond acceptors (Lipinski definition) is 4. The molecule has 1 aromatic heterocycles. The van der Waals surface area contributed by atoms with Gasteiger partial charge in [-0.25, -0.2) is 9.78 Å². The summed E-state index contributed by atoms with van der Waals surface area (Å²) >= 11 is 0. The van der Waals surface area contributed by atoms with Crippen LogP contribution in [0, 0.1) is 11.5 Å². The first-order valence-electron chi connectivity index (χ1n) is 6.47. The molecule has 1 rings (SSSR count). The van der Waals surface area contributed by atoms with Crippen molar-refractivity contribution in [3.05, 3.63) is 18.4 Å². The van der Waals surface area contributed by atoms with Gasteiger partial charge in [0.05, 0.1) is 6.10 Å². The van der Waals surface area contributed by atoms with Crippen molar-refractivity contribution in [2.75, 3.05) is 0 Å². The fourth-order valence-electron chi connectivity index (χ4n) is 1.42. The first-order valence-corrected chi connectivity index (χ1v) is 9.97. The normalized spacial score (nSPS) is 12.4. The average molecular weight is 279 g/mol. The first kappa shape index (κ1) is 15.5. The fourth-order valence-corrected chi connectivity index (χ4v) is 2.08. The predicted molar refractivity (Wildman–Crippen MR) is 76.4 cm³/mol. The molecule has 1 aromatic rings. The third-order valence-corrected chi connectivity index (χ3v) is 3.25. The van der Waals surface area contributed by atoms with Gasteiger partial charge >= 0.3 is 5.97 Å². The zero-order valence-electron chi connectivity index (χ0n) is 12.0. The number of aromatic nitrogens is 1. The second-order valence-electron chi connectivity index (χ2n) is 5.53. The molecule has 0 bridgehead atoms. The molecule has 0 aromatic carbocycles. The number of carbonyl (C=O) groups excluding carboxylic acids is 1.